The Kier molecular flexibility index (Phi) is 7.18. The molecule has 3 aromatic rings. The maximum absolute atomic E-state index is 13.1. The number of aliphatic hydroxyl groups is 1. The highest BCUT2D eigenvalue weighted by Gasteiger charge is 2.31. The highest BCUT2D eigenvalue weighted by molar-refractivity contribution is 5.99. The summed E-state index contributed by atoms with van der Waals surface area (Å²) in [7, 11) is 1.46. The van der Waals surface area contributed by atoms with E-state index in [0.29, 0.717) is 42.0 Å². The summed E-state index contributed by atoms with van der Waals surface area (Å²) in [4.78, 5) is 34.0. The molecule has 1 atom stereocenters. The van der Waals surface area contributed by atoms with Crippen molar-refractivity contribution >= 4 is 28.5 Å². The van der Waals surface area contributed by atoms with Gasteiger partial charge in [0.1, 0.15) is 12.4 Å². The van der Waals surface area contributed by atoms with E-state index in [4.69, 9.17) is 9.47 Å². The Balaban J connectivity index is 1.87. The first kappa shape index (κ1) is 25.5. The topological polar surface area (TPSA) is 109 Å². The minimum absolute atomic E-state index is 0.0640. The molecule has 1 fully saturated rings. The highest BCUT2D eigenvalue weighted by atomic mass is 19.4. The van der Waals surface area contributed by atoms with Crippen molar-refractivity contribution in [3.63, 3.8) is 0 Å². The lowest BCUT2D eigenvalue weighted by Gasteiger charge is -2.28. The number of rotatable bonds is 6. The number of alkyl halides is 3. The molecule has 1 aromatic heterocycles. The molecule has 2 N–H and O–H groups in total. The van der Waals surface area contributed by atoms with Gasteiger partial charge < -0.3 is 29.0 Å². The van der Waals surface area contributed by atoms with E-state index in [1.807, 2.05) is 6.92 Å². The number of halogens is 3. The second-order valence-corrected chi connectivity index (χ2v) is 8.31. The smallest absolute Gasteiger partial charge is 0.416 e. The van der Waals surface area contributed by atoms with E-state index >= 15 is 0 Å². The largest absolute Gasteiger partial charge is 0.494 e. The van der Waals surface area contributed by atoms with E-state index in [0.717, 1.165) is 18.2 Å². The quantitative estimate of drug-likeness (QED) is 0.534. The van der Waals surface area contributed by atoms with Gasteiger partial charge in [0.2, 0.25) is 5.62 Å². The molecule has 4 rings (SSSR count). The van der Waals surface area contributed by atoms with Gasteiger partial charge in [-0.15, -0.1) is 0 Å². The van der Waals surface area contributed by atoms with Crippen molar-refractivity contribution in [3.8, 4) is 5.75 Å². The number of methoxy groups -OCH3 is 1. The molecule has 9 nitrogen and oxygen atoms in total. The molecule has 1 aliphatic heterocycles. The zero-order valence-electron chi connectivity index (χ0n) is 19.6. The van der Waals surface area contributed by atoms with Crippen molar-refractivity contribution in [2.75, 3.05) is 38.4 Å². The van der Waals surface area contributed by atoms with Crippen molar-refractivity contribution in [2.24, 2.45) is 4.99 Å². The van der Waals surface area contributed by atoms with Crippen LogP contribution in [0.5, 0.6) is 5.75 Å². The predicted octanol–water partition coefficient (Wildman–Crippen LogP) is 3.04. The zero-order valence-corrected chi connectivity index (χ0v) is 19.6. The van der Waals surface area contributed by atoms with E-state index in [-0.39, 0.29) is 36.3 Å². The molecule has 0 unspecified atom stereocenters. The summed E-state index contributed by atoms with van der Waals surface area (Å²) >= 11 is 0. The van der Waals surface area contributed by atoms with Gasteiger partial charge in [-0.1, -0.05) is 6.07 Å². The molecule has 2 amide bonds. The summed E-state index contributed by atoms with van der Waals surface area (Å²) in [6.45, 7) is 2.29. The number of aromatic nitrogens is 2. The van der Waals surface area contributed by atoms with Crippen molar-refractivity contribution in [1.82, 2.24) is 9.55 Å². The second-order valence-electron chi connectivity index (χ2n) is 8.31. The van der Waals surface area contributed by atoms with Gasteiger partial charge in [0.25, 0.3) is 11.8 Å². The summed E-state index contributed by atoms with van der Waals surface area (Å²) < 4.78 is 51.8. The van der Waals surface area contributed by atoms with E-state index in [1.54, 1.807) is 16.7 Å². The third-order valence-corrected chi connectivity index (χ3v) is 5.94. The van der Waals surface area contributed by atoms with Gasteiger partial charge >= 0.3 is 6.18 Å². The number of nitrogens with zero attached hydrogens (tertiary/aromatic N) is 3. The Bertz CT molecular complexity index is 1360. The fourth-order valence-electron chi connectivity index (χ4n) is 4.13. The summed E-state index contributed by atoms with van der Waals surface area (Å²) in [5, 5.41) is 9.50. The molecule has 0 spiro atoms. The molecule has 192 valence electrons. The van der Waals surface area contributed by atoms with Gasteiger partial charge in [0.15, 0.2) is 0 Å². The Morgan fingerprint density at radius 3 is 2.75 bits per heavy atom. The molecule has 2 aromatic carbocycles. The van der Waals surface area contributed by atoms with E-state index in [9.17, 15) is 27.9 Å². The molecule has 0 bridgehead atoms. The average Bonchev–Trinajstić information content (AvgIpc) is 3.19. The molecule has 1 saturated heterocycles. The average molecular weight is 506 g/mol. The molecular weight excluding hydrogens is 481 g/mol. The molecule has 0 saturated carbocycles. The van der Waals surface area contributed by atoms with Crippen molar-refractivity contribution in [1.29, 1.82) is 0 Å². The molecule has 36 heavy (non-hydrogen) atoms. The van der Waals surface area contributed by atoms with Gasteiger partial charge in [0.05, 0.1) is 36.0 Å². The van der Waals surface area contributed by atoms with Crippen LogP contribution in [-0.2, 0) is 15.7 Å². The molecule has 1 aliphatic rings. The summed E-state index contributed by atoms with van der Waals surface area (Å²) in [5.41, 5.74) is 0.504. The van der Waals surface area contributed by atoms with Gasteiger partial charge in [-0.25, -0.2) is 0 Å². The number of carbonyl (C=O) groups is 2. The summed E-state index contributed by atoms with van der Waals surface area (Å²) in [6.07, 6.45) is -4.28. The first-order chi connectivity index (χ1) is 17.1. The molecule has 0 radical (unpaired) electrons. The fraction of sp³-hybridized carbons (Fsp3) is 0.375. The lowest BCUT2D eigenvalue weighted by Crippen LogP contribution is -2.41. The molecule has 0 aliphatic carbocycles. The maximum atomic E-state index is 13.1. The summed E-state index contributed by atoms with van der Waals surface area (Å²) in [5.74, 6) is -0.706. The molecule has 2 heterocycles. The number of morpholine rings is 1. The van der Waals surface area contributed by atoms with Gasteiger partial charge in [-0.3, -0.25) is 9.59 Å². The van der Waals surface area contributed by atoms with Crippen molar-refractivity contribution < 1.29 is 37.3 Å². The van der Waals surface area contributed by atoms with Crippen LogP contribution in [0.3, 0.4) is 0 Å². The SMILES string of the molecule is COc1cc2c(cc1N1CCOCC1=O)[nH]/c(=N\C(=O)c1cccc(C(F)(F)F)c1)n2[C@H](C)CCO. The van der Waals surface area contributed by atoms with Crippen LogP contribution in [0.1, 0.15) is 35.3 Å². The van der Waals surface area contributed by atoms with E-state index in [1.165, 1.54) is 18.1 Å². The number of anilines is 1. The Morgan fingerprint density at radius 2 is 2.08 bits per heavy atom. The van der Waals surface area contributed by atoms with Crippen LogP contribution in [0.15, 0.2) is 41.4 Å². The number of carbonyl (C=O) groups excluding carboxylic acids is 2. The second kappa shape index (κ2) is 10.2. The van der Waals surface area contributed by atoms with Crippen LogP contribution in [0.25, 0.3) is 11.0 Å². The number of hydrogen-bond acceptors (Lipinski definition) is 5. The number of hydrogen-bond donors (Lipinski definition) is 2. The molecular formula is C24H25F3N4O5. The third kappa shape index (κ3) is 5.00. The van der Waals surface area contributed by atoms with Gasteiger partial charge in [-0.05, 0) is 37.6 Å². The minimum Gasteiger partial charge on any atom is -0.494 e. The number of imidazole rings is 1. The number of H-pyrrole nitrogens is 1. The van der Waals surface area contributed by atoms with Gasteiger partial charge in [0, 0.05) is 30.8 Å². The van der Waals surface area contributed by atoms with Crippen LogP contribution in [-0.4, -0.2) is 59.9 Å². The minimum atomic E-state index is -4.60. The standard InChI is InChI=1S/C24H25F3N4O5/c1-14(6-8-32)31-18-12-20(35-2)19(30-7-9-36-13-21(30)33)11-17(18)28-23(31)29-22(34)15-4-3-5-16(10-15)24(25,26)27/h3-5,10-12,14,32H,6-9,13H2,1-2H3,(H,28,29,34)/t14-/m1/s1. The lowest BCUT2D eigenvalue weighted by atomic mass is 10.1. The predicted molar refractivity (Wildman–Crippen MR) is 124 cm³/mol. The van der Waals surface area contributed by atoms with Crippen LogP contribution in [0.4, 0.5) is 18.9 Å². The third-order valence-electron chi connectivity index (χ3n) is 5.94. The van der Waals surface area contributed by atoms with E-state index in [2.05, 4.69) is 9.98 Å². The van der Waals surface area contributed by atoms with Crippen molar-refractivity contribution in [3.05, 3.63) is 53.1 Å². The van der Waals surface area contributed by atoms with Crippen molar-refractivity contribution in [2.45, 2.75) is 25.6 Å². The van der Waals surface area contributed by atoms with Crippen LogP contribution >= 0.6 is 0 Å². The van der Waals surface area contributed by atoms with Crippen LogP contribution in [0.2, 0.25) is 0 Å². The number of ether oxygens (including phenoxy) is 2. The van der Waals surface area contributed by atoms with Crippen LogP contribution < -0.4 is 15.3 Å². The number of fused-ring (bicyclic) bond motifs is 1. The lowest BCUT2D eigenvalue weighted by molar-refractivity contribution is -0.137. The first-order valence-electron chi connectivity index (χ1n) is 11.2. The Hall–Kier alpha value is -3.64. The maximum Gasteiger partial charge on any atom is 0.416 e. The number of benzene rings is 2. The monoisotopic (exact) mass is 506 g/mol. The van der Waals surface area contributed by atoms with E-state index < -0.39 is 17.6 Å². The number of aliphatic hydroxyl groups excluding tert-OH is 1. The normalized spacial score (nSPS) is 16.0. The number of aromatic amines is 1. The van der Waals surface area contributed by atoms with Crippen LogP contribution in [0, 0.1) is 0 Å². The highest BCUT2D eigenvalue weighted by Crippen LogP contribution is 2.34. The Labute approximate surface area is 203 Å². The first-order valence-corrected chi connectivity index (χ1v) is 11.2. The zero-order chi connectivity index (χ0) is 26.0. The fourth-order valence-corrected chi connectivity index (χ4v) is 4.13. The number of amides is 2. The summed E-state index contributed by atoms with van der Waals surface area (Å²) in [6, 6.07) is 7.08. The number of nitrogens with one attached hydrogen (secondary N) is 1. The van der Waals surface area contributed by atoms with Gasteiger partial charge in [-0.2, -0.15) is 18.2 Å². The Morgan fingerprint density at radius 1 is 1.31 bits per heavy atom. The molecule has 12 heteroatoms.